The molecule has 1 saturated carbocycles. The molecule has 3 aliphatic rings. The van der Waals surface area contributed by atoms with Crippen LogP contribution in [0.4, 0.5) is 5.69 Å². The molecule has 1 atom stereocenters. The molecule has 0 saturated heterocycles. The number of carbonyl (C=O) groups is 1. The SMILES string of the molecule is CC.CC.CC.CCC1CCC(C)(c2ccccc2)CC1.O=CN1CC=C(C2CNc3ccccc32)CC1. The van der Waals surface area contributed by atoms with Gasteiger partial charge >= 0.3 is 0 Å². The van der Waals surface area contributed by atoms with Crippen molar-refractivity contribution in [3.05, 3.63) is 77.4 Å². The van der Waals surface area contributed by atoms with Crippen LogP contribution in [0.2, 0.25) is 0 Å². The molecule has 38 heavy (non-hydrogen) atoms. The number of amides is 1. The van der Waals surface area contributed by atoms with Gasteiger partial charge in [-0.1, -0.05) is 122 Å². The average molecular weight is 521 g/mol. The van der Waals surface area contributed by atoms with Crippen LogP contribution in [0.5, 0.6) is 0 Å². The van der Waals surface area contributed by atoms with Crippen LogP contribution in [0.25, 0.3) is 0 Å². The lowest BCUT2D eigenvalue weighted by Gasteiger charge is -2.37. The molecule has 2 aromatic rings. The molecule has 2 aromatic carbocycles. The Morgan fingerprint density at radius 2 is 1.53 bits per heavy atom. The number of fused-ring (bicyclic) bond motifs is 1. The molecule has 212 valence electrons. The third-order valence-electron chi connectivity index (χ3n) is 7.96. The third-order valence-corrected chi connectivity index (χ3v) is 7.96. The van der Waals surface area contributed by atoms with Crippen molar-refractivity contribution < 1.29 is 4.79 Å². The topological polar surface area (TPSA) is 32.3 Å². The molecule has 0 aromatic heterocycles. The maximum Gasteiger partial charge on any atom is 0.209 e. The Morgan fingerprint density at radius 1 is 0.921 bits per heavy atom. The summed E-state index contributed by atoms with van der Waals surface area (Å²) < 4.78 is 0. The molecule has 1 fully saturated rings. The van der Waals surface area contributed by atoms with E-state index in [-0.39, 0.29) is 0 Å². The van der Waals surface area contributed by atoms with Crippen LogP contribution >= 0.6 is 0 Å². The molecule has 2 aliphatic heterocycles. The minimum Gasteiger partial charge on any atom is -0.384 e. The Bertz CT molecular complexity index is 913. The van der Waals surface area contributed by atoms with Gasteiger partial charge in [0.2, 0.25) is 6.41 Å². The highest BCUT2D eigenvalue weighted by atomic mass is 16.1. The molecule has 1 N–H and O–H groups in total. The molecule has 0 bridgehead atoms. The molecular formula is C35H56N2O. The van der Waals surface area contributed by atoms with Crippen molar-refractivity contribution in [3.63, 3.8) is 0 Å². The molecule has 1 unspecified atom stereocenters. The summed E-state index contributed by atoms with van der Waals surface area (Å²) in [4.78, 5) is 12.5. The van der Waals surface area contributed by atoms with E-state index in [9.17, 15) is 4.79 Å². The number of para-hydroxylation sites is 1. The quantitative estimate of drug-likeness (QED) is 0.321. The van der Waals surface area contributed by atoms with E-state index in [1.165, 1.54) is 48.9 Å². The molecule has 3 heteroatoms. The number of carbonyl (C=O) groups excluding carboxylic acids is 1. The maximum absolute atomic E-state index is 10.7. The largest absolute Gasteiger partial charge is 0.384 e. The van der Waals surface area contributed by atoms with Gasteiger partial charge in [-0.3, -0.25) is 4.79 Å². The van der Waals surface area contributed by atoms with E-state index in [0.29, 0.717) is 11.3 Å². The van der Waals surface area contributed by atoms with Gasteiger partial charge in [0.25, 0.3) is 0 Å². The van der Waals surface area contributed by atoms with Gasteiger partial charge in [0, 0.05) is 31.2 Å². The predicted molar refractivity (Wildman–Crippen MR) is 168 cm³/mol. The zero-order valence-electron chi connectivity index (χ0n) is 25.7. The van der Waals surface area contributed by atoms with Gasteiger partial charge in [0.15, 0.2) is 0 Å². The summed E-state index contributed by atoms with van der Waals surface area (Å²) in [6, 6.07) is 19.6. The molecule has 5 rings (SSSR count). The molecular weight excluding hydrogens is 464 g/mol. The first kappa shape index (κ1) is 33.5. The summed E-state index contributed by atoms with van der Waals surface area (Å²) in [6.07, 6.45) is 11.1. The fourth-order valence-corrected chi connectivity index (χ4v) is 5.58. The van der Waals surface area contributed by atoms with E-state index >= 15 is 0 Å². The molecule has 1 aliphatic carbocycles. The summed E-state index contributed by atoms with van der Waals surface area (Å²) in [5.41, 5.74) is 6.13. The Kier molecular flexibility index (Phi) is 16.4. The summed E-state index contributed by atoms with van der Waals surface area (Å²) >= 11 is 0. The summed E-state index contributed by atoms with van der Waals surface area (Å²) in [5.74, 6) is 1.49. The van der Waals surface area contributed by atoms with Crippen LogP contribution in [-0.4, -0.2) is 30.9 Å². The molecule has 2 heterocycles. The summed E-state index contributed by atoms with van der Waals surface area (Å²) in [5, 5.41) is 3.45. The van der Waals surface area contributed by atoms with Gasteiger partial charge in [0.05, 0.1) is 0 Å². The van der Waals surface area contributed by atoms with Gasteiger partial charge in [-0.25, -0.2) is 0 Å². The second-order valence-corrected chi connectivity index (χ2v) is 9.93. The van der Waals surface area contributed by atoms with Crippen LogP contribution < -0.4 is 5.32 Å². The zero-order chi connectivity index (χ0) is 28.4. The van der Waals surface area contributed by atoms with E-state index in [1.807, 2.05) is 46.4 Å². The molecule has 3 nitrogen and oxygen atoms in total. The lowest BCUT2D eigenvalue weighted by atomic mass is 9.67. The number of hydrogen-bond donors (Lipinski definition) is 1. The van der Waals surface area contributed by atoms with Crippen LogP contribution in [-0.2, 0) is 10.2 Å². The van der Waals surface area contributed by atoms with E-state index in [1.54, 1.807) is 5.56 Å². The fourth-order valence-electron chi connectivity index (χ4n) is 5.58. The second-order valence-electron chi connectivity index (χ2n) is 9.93. The smallest absolute Gasteiger partial charge is 0.209 e. The number of rotatable bonds is 4. The Hall–Kier alpha value is -2.55. The number of nitrogens with one attached hydrogen (secondary N) is 1. The van der Waals surface area contributed by atoms with E-state index < -0.39 is 0 Å². The normalized spacial score (nSPS) is 23.1. The van der Waals surface area contributed by atoms with Crippen molar-refractivity contribution in [1.82, 2.24) is 4.90 Å². The lowest BCUT2D eigenvalue weighted by molar-refractivity contribution is -0.117. The van der Waals surface area contributed by atoms with Crippen LogP contribution in [0.15, 0.2) is 66.2 Å². The lowest BCUT2D eigenvalue weighted by Crippen LogP contribution is -2.28. The van der Waals surface area contributed by atoms with Crippen molar-refractivity contribution in [2.45, 2.75) is 105 Å². The summed E-state index contributed by atoms with van der Waals surface area (Å²) in [6.45, 7) is 19.4. The van der Waals surface area contributed by atoms with E-state index in [4.69, 9.17) is 0 Å². The third kappa shape index (κ3) is 9.33. The number of hydrogen-bond acceptors (Lipinski definition) is 2. The zero-order valence-corrected chi connectivity index (χ0v) is 25.7. The number of anilines is 1. The highest BCUT2D eigenvalue weighted by molar-refractivity contribution is 5.60. The van der Waals surface area contributed by atoms with Crippen molar-refractivity contribution in [2.24, 2.45) is 5.92 Å². The first-order valence-corrected chi connectivity index (χ1v) is 15.4. The average Bonchev–Trinajstić information content (AvgIpc) is 3.46. The Morgan fingerprint density at radius 3 is 2.08 bits per heavy atom. The van der Waals surface area contributed by atoms with Gasteiger partial charge in [-0.15, -0.1) is 0 Å². The van der Waals surface area contributed by atoms with Crippen LogP contribution in [0.3, 0.4) is 0 Å². The first-order valence-electron chi connectivity index (χ1n) is 15.4. The molecule has 0 spiro atoms. The van der Waals surface area contributed by atoms with Crippen molar-refractivity contribution in [2.75, 3.05) is 25.0 Å². The van der Waals surface area contributed by atoms with E-state index in [0.717, 1.165) is 38.4 Å². The predicted octanol–water partition coefficient (Wildman–Crippen LogP) is 9.61. The fraction of sp³-hybridized carbons (Fsp3) is 0.571. The van der Waals surface area contributed by atoms with Gasteiger partial charge in [-0.2, -0.15) is 0 Å². The Balaban J connectivity index is 0.000000320. The molecule has 1 amide bonds. The van der Waals surface area contributed by atoms with Gasteiger partial charge in [0.1, 0.15) is 0 Å². The molecule has 0 radical (unpaired) electrons. The number of benzene rings is 2. The van der Waals surface area contributed by atoms with Crippen molar-refractivity contribution >= 4 is 12.1 Å². The van der Waals surface area contributed by atoms with Crippen LogP contribution in [0.1, 0.15) is 111 Å². The maximum atomic E-state index is 10.7. The van der Waals surface area contributed by atoms with Crippen molar-refractivity contribution in [3.8, 4) is 0 Å². The first-order chi connectivity index (χ1) is 18.6. The number of nitrogens with zero attached hydrogens (tertiary/aromatic N) is 1. The standard InChI is InChI=1S/C15H22.C14H16N2O.3C2H6/c1-3-13-9-11-15(2,12-10-13)14-7-5-4-6-8-14;17-10-16-7-5-11(6-8-16)13-9-15-14-4-2-1-3-12(13)14;3*1-2/h4-8,13H,3,9-12H2,1-2H3;1-5,10,13,15H,6-9H2;3*1-2H3. The van der Waals surface area contributed by atoms with E-state index in [2.05, 4.69) is 79.8 Å². The minimum atomic E-state index is 0.451. The van der Waals surface area contributed by atoms with Gasteiger partial charge in [-0.05, 0) is 60.6 Å². The summed E-state index contributed by atoms with van der Waals surface area (Å²) in [7, 11) is 0. The van der Waals surface area contributed by atoms with Crippen LogP contribution in [0, 0.1) is 5.92 Å². The highest BCUT2D eigenvalue weighted by Gasteiger charge is 2.31. The van der Waals surface area contributed by atoms with Gasteiger partial charge < -0.3 is 10.2 Å². The monoisotopic (exact) mass is 520 g/mol. The van der Waals surface area contributed by atoms with Crippen molar-refractivity contribution in [1.29, 1.82) is 0 Å². The second kappa shape index (κ2) is 18.7. The minimum absolute atomic E-state index is 0.451. The Labute approximate surface area is 235 Å². The highest BCUT2D eigenvalue weighted by Crippen LogP contribution is 2.42.